The quantitative estimate of drug-likeness (QED) is 0.823. The van der Waals surface area contributed by atoms with Crippen molar-refractivity contribution >= 4 is 22.4 Å². The average Bonchev–Trinajstić information content (AvgIpc) is 2.96. The predicted molar refractivity (Wildman–Crippen MR) is 65.2 cm³/mol. The Morgan fingerprint density at radius 1 is 1.65 bits per heavy atom. The monoisotopic (exact) mass is 256 g/mol. The van der Waals surface area contributed by atoms with Crippen LogP contribution in [0.25, 0.3) is 0 Å². The van der Waals surface area contributed by atoms with Gasteiger partial charge < -0.3 is 15.3 Å². The lowest BCUT2D eigenvalue weighted by atomic mass is 10.2. The third-order valence-corrected chi connectivity index (χ3v) is 3.65. The Labute approximate surface area is 104 Å². The molecule has 1 aliphatic heterocycles. The summed E-state index contributed by atoms with van der Waals surface area (Å²) < 4.78 is 0. The Hall–Kier alpha value is -1.21. The lowest BCUT2D eigenvalue weighted by molar-refractivity contribution is 0.0676. The van der Waals surface area contributed by atoms with Gasteiger partial charge in [0.15, 0.2) is 0 Å². The number of nitrogens with zero attached hydrogens (tertiary/aromatic N) is 3. The van der Waals surface area contributed by atoms with Crippen molar-refractivity contribution in [2.24, 2.45) is 0 Å². The molecule has 1 saturated heterocycles. The molecular formula is C10H16N4O2S. The van der Waals surface area contributed by atoms with E-state index in [-0.39, 0.29) is 18.6 Å². The molecule has 1 unspecified atom stereocenters. The van der Waals surface area contributed by atoms with Gasteiger partial charge in [-0.1, -0.05) is 11.3 Å². The van der Waals surface area contributed by atoms with Crippen molar-refractivity contribution < 1.29 is 9.90 Å². The van der Waals surface area contributed by atoms with Crippen LogP contribution in [0.3, 0.4) is 0 Å². The van der Waals surface area contributed by atoms with Gasteiger partial charge in [0, 0.05) is 13.1 Å². The van der Waals surface area contributed by atoms with Crippen molar-refractivity contribution in [2.45, 2.75) is 25.8 Å². The molecule has 0 saturated carbocycles. The molecule has 0 radical (unpaired) electrons. The van der Waals surface area contributed by atoms with Crippen LogP contribution in [0.4, 0.5) is 5.13 Å². The van der Waals surface area contributed by atoms with Crippen LogP contribution in [0.2, 0.25) is 0 Å². The van der Waals surface area contributed by atoms with Gasteiger partial charge in [-0.15, -0.1) is 10.2 Å². The molecule has 6 nitrogen and oxygen atoms in total. The summed E-state index contributed by atoms with van der Waals surface area (Å²) in [7, 11) is 0. The van der Waals surface area contributed by atoms with Gasteiger partial charge in [-0.05, 0) is 19.8 Å². The lowest BCUT2D eigenvalue weighted by Crippen LogP contribution is -2.37. The normalized spacial score (nSPS) is 19.6. The predicted octanol–water partition coefficient (Wildman–Crippen LogP) is 0.567. The van der Waals surface area contributed by atoms with Gasteiger partial charge in [0.25, 0.3) is 5.91 Å². The molecule has 1 aromatic heterocycles. The van der Waals surface area contributed by atoms with Crippen molar-refractivity contribution in [3.63, 3.8) is 0 Å². The lowest BCUT2D eigenvalue weighted by Gasteiger charge is -2.21. The highest BCUT2D eigenvalue weighted by Gasteiger charge is 2.30. The standard InChI is InChI=1S/C10H16N4O2S/c1-2-11-10-13-12-8(17-10)9(16)14-5-3-4-7(14)6-15/h7,15H,2-6H2,1H3,(H,11,13). The summed E-state index contributed by atoms with van der Waals surface area (Å²) in [5.41, 5.74) is 0. The molecule has 1 amide bonds. The van der Waals surface area contributed by atoms with Gasteiger partial charge in [-0.3, -0.25) is 4.79 Å². The highest BCUT2D eigenvalue weighted by atomic mass is 32.1. The van der Waals surface area contributed by atoms with Crippen LogP contribution in [-0.2, 0) is 0 Å². The molecule has 17 heavy (non-hydrogen) atoms. The summed E-state index contributed by atoms with van der Waals surface area (Å²) in [4.78, 5) is 13.8. The minimum atomic E-state index is -0.122. The van der Waals surface area contributed by atoms with Crippen LogP contribution in [0.15, 0.2) is 0 Å². The Bertz CT molecular complexity index is 395. The SMILES string of the molecule is CCNc1nnc(C(=O)N2CCCC2CO)s1. The molecule has 7 heteroatoms. The molecule has 1 fully saturated rings. The smallest absolute Gasteiger partial charge is 0.285 e. The zero-order valence-electron chi connectivity index (χ0n) is 9.72. The number of aromatic nitrogens is 2. The molecule has 1 aliphatic rings. The molecule has 2 heterocycles. The zero-order chi connectivity index (χ0) is 12.3. The van der Waals surface area contributed by atoms with Gasteiger partial charge in [0.1, 0.15) is 0 Å². The Morgan fingerprint density at radius 2 is 2.47 bits per heavy atom. The molecule has 0 bridgehead atoms. The first-order chi connectivity index (χ1) is 8.26. The molecule has 1 aromatic rings. The summed E-state index contributed by atoms with van der Waals surface area (Å²) in [6.45, 7) is 3.43. The van der Waals surface area contributed by atoms with Gasteiger partial charge >= 0.3 is 0 Å². The van der Waals surface area contributed by atoms with E-state index in [2.05, 4.69) is 15.5 Å². The van der Waals surface area contributed by atoms with Crippen LogP contribution >= 0.6 is 11.3 Å². The van der Waals surface area contributed by atoms with Gasteiger partial charge in [-0.2, -0.15) is 0 Å². The van der Waals surface area contributed by atoms with Crippen molar-refractivity contribution in [1.29, 1.82) is 0 Å². The fourth-order valence-corrected chi connectivity index (χ4v) is 2.72. The Kier molecular flexibility index (Phi) is 3.90. The molecule has 94 valence electrons. The Balaban J connectivity index is 2.07. The van der Waals surface area contributed by atoms with E-state index in [0.29, 0.717) is 16.7 Å². The highest BCUT2D eigenvalue weighted by molar-refractivity contribution is 7.17. The van der Waals surface area contributed by atoms with E-state index in [0.717, 1.165) is 19.4 Å². The largest absolute Gasteiger partial charge is 0.394 e. The molecule has 0 spiro atoms. The van der Waals surface area contributed by atoms with E-state index >= 15 is 0 Å². The number of hydrogen-bond donors (Lipinski definition) is 2. The number of hydrogen-bond acceptors (Lipinski definition) is 6. The van der Waals surface area contributed by atoms with E-state index in [1.165, 1.54) is 11.3 Å². The number of carbonyl (C=O) groups excluding carboxylic acids is 1. The first-order valence-corrected chi connectivity index (χ1v) is 6.57. The number of anilines is 1. The summed E-state index contributed by atoms with van der Waals surface area (Å²) in [6, 6.07) is -0.0611. The summed E-state index contributed by atoms with van der Waals surface area (Å²) in [6.07, 6.45) is 1.80. The van der Waals surface area contributed by atoms with Crippen LogP contribution in [0.1, 0.15) is 29.6 Å². The highest BCUT2D eigenvalue weighted by Crippen LogP contribution is 2.22. The second-order valence-corrected chi connectivity index (χ2v) is 4.90. The molecule has 2 N–H and O–H groups in total. The second-order valence-electron chi connectivity index (χ2n) is 3.92. The summed E-state index contributed by atoms with van der Waals surface area (Å²) in [5, 5.41) is 21.0. The number of likely N-dealkylation sites (tertiary alicyclic amines) is 1. The minimum Gasteiger partial charge on any atom is -0.394 e. The molecular weight excluding hydrogens is 240 g/mol. The maximum atomic E-state index is 12.1. The van der Waals surface area contributed by atoms with E-state index in [1.54, 1.807) is 4.90 Å². The Morgan fingerprint density at radius 3 is 3.18 bits per heavy atom. The van der Waals surface area contributed by atoms with Crippen LogP contribution in [0.5, 0.6) is 0 Å². The van der Waals surface area contributed by atoms with E-state index in [9.17, 15) is 9.90 Å². The van der Waals surface area contributed by atoms with E-state index in [4.69, 9.17) is 0 Å². The fraction of sp³-hybridized carbons (Fsp3) is 0.700. The number of rotatable bonds is 4. The number of amides is 1. The second kappa shape index (κ2) is 5.42. The van der Waals surface area contributed by atoms with Gasteiger partial charge in [-0.25, -0.2) is 0 Å². The maximum Gasteiger partial charge on any atom is 0.285 e. The zero-order valence-corrected chi connectivity index (χ0v) is 10.5. The van der Waals surface area contributed by atoms with Crippen molar-refractivity contribution in [1.82, 2.24) is 15.1 Å². The fourth-order valence-electron chi connectivity index (χ4n) is 1.95. The first kappa shape index (κ1) is 12.3. The molecule has 1 atom stereocenters. The summed E-state index contributed by atoms with van der Waals surface area (Å²) >= 11 is 1.26. The third-order valence-electron chi connectivity index (χ3n) is 2.78. The topological polar surface area (TPSA) is 78.4 Å². The molecule has 2 rings (SSSR count). The average molecular weight is 256 g/mol. The summed E-state index contributed by atoms with van der Waals surface area (Å²) in [5.74, 6) is -0.122. The van der Waals surface area contributed by atoms with Crippen molar-refractivity contribution in [3.05, 3.63) is 5.01 Å². The van der Waals surface area contributed by atoms with Crippen LogP contribution in [0, 0.1) is 0 Å². The van der Waals surface area contributed by atoms with Gasteiger partial charge in [0.2, 0.25) is 10.1 Å². The van der Waals surface area contributed by atoms with Crippen molar-refractivity contribution in [2.75, 3.05) is 25.0 Å². The number of aliphatic hydroxyl groups excluding tert-OH is 1. The van der Waals surface area contributed by atoms with E-state index in [1.807, 2.05) is 6.92 Å². The molecule has 0 aromatic carbocycles. The van der Waals surface area contributed by atoms with Crippen LogP contribution in [-0.4, -0.2) is 51.8 Å². The number of carbonyl (C=O) groups is 1. The number of aliphatic hydroxyl groups is 1. The maximum absolute atomic E-state index is 12.1. The van der Waals surface area contributed by atoms with E-state index < -0.39 is 0 Å². The molecule has 0 aliphatic carbocycles. The third kappa shape index (κ3) is 2.55. The van der Waals surface area contributed by atoms with Crippen molar-refractivity contribution in [3.8, 4) is 0 Å². The number of nitrogens with one attached hydrogen (secondary N) is 1. The van der Waals surface area contributed by atoms with Gasteiger partial charge in [0.05, 0.1) is 12.6 Å². The van der Waals surface area contributed by atoms with Crippen LogP contribution < -0.4 is 5.32 Å². The first-order valence-electron chi connectivity index (χ1n) is 5.75. The minimum absolute atomic E-state index is 0.0185.